The predicted molar refractivity (Wildman–Crippen MR) is 78.2 cm³/mol. The Bertz CT molecular complexity index is 599. The highest BCUT2D eigenvalue weighted by atomic mass is 16.1. The van der Waals surface area contributed by atoms with Crippen molar-refractivity contribution in [1.29, 1.82) is 0 Å². The maximum atomic E-state index is 12.2. The molecule has 2 aromatic heterocycles. The number of carbonyl (C=O) groups excluding carboxylic acids is 1. The van der Waals surface area contributed by atoms with E-state index in [-0.39, 0.29) is 11.8 Å². The van der Waals surface area contributed by atoms with Gasteiger partial charge in [-0.15, -0.1) is 0 Å². The summed E-state index contributed by atoms with van der Waals surface area (Å²) in [6.07, 6.45) is 5.60. The van der Waals surface area contributed by atoms with Crippen molar-refractivity contribution in [2.75, 3.05) is 20.1 Å². The van der Waals surface area contributed by atoms with E-state index in [9.17, 15) is 4.79 Å². The van der Waals surface area contributed by atoms with Crippen LogP contribution in [-0.4, -0.2) is 40.9 Å². The summed E-state index contributed by atoms with van der Waals surface area (Å²) in [7, 11) is 2.10. The third kappa shape index (κ3) is 2.67. The fraction of sp³-hybridized carbons (Fsp3) is 0.467. The number of H-pyrrole nitrogens is 1. The van der Waals surface area contributed by atoms with Gasteiger partial charge in [0, 0.05) is 30.2 Å². The molecule has 5 nitrogen and oxygen atoms in total. The highest BCUT2D eigenvalue weighted by molar-refractivity contribution is 5.82. The van der Waals surface area contributed by atoms with Crippen molar-refractivity contribution in [3.05, 3.63) is 30.1 Å². The Labute approximate surface area is 118 Å². The van der Waals surface area contributed by atoms with Crippen LogP contribution in [0.1, 0.15) is 18.4 Å². The van der Waals surface area contributed by atoms with Gasteiger partial charge in [-0.05, 0) is 50.7 Å². The zero-order valence-corrected chi connectivity index (χ0v) is 11.7. The number of hydrogen-bond acceptors (Lipinski definition) is 3. The minimum absolute atomic E-state index is 0.162. The smallest absolute Gasteiger partial charge is 0.223 e. The summed E-state index contributed by atoms with van der Waals surface area (Å²) in [6, 6.07) is 3.94. The first-order valence-corrected chi connectivity index (χ1v) is 7.11. The number of likely N-dealkylation sites (tertiary alicyclic amines) is 1. The topological polar surface area (TPSA) is 61.0 Å². The van der Waals surface area contributed by atoms with Crippen molar-refractivity contribution < 1.29 is 4.79 Å². The van der Waals surface area contributed by atoms with Gasteiger partial charge in [0.05, 0.1) is 0 Å². The third-order valence-electron chi connectivity index (χ3n) is 4.08. The van der Waals surface area contributed by atoms with Crippen LogP contribution in [0.2, 0.25) is 0 Å². The van der Waals surface area contributed by atoms with Crippen LogP contribution >= 0.6 is 0 Å². The number of hydrogen-bond donors (Lipinski definition) is 2. The maximum absolute atomic E-state index is 12.2. The quantitative estimate of drug-likeness (QED) is 0.890. The fourth-order valence-electron chi connectivity index (χ4n) is 2.76. The lowest BCUT2D eigenvalue weighted by Crippen LogP contribution is -2.38. The molecule has 2 N–H and O–H groups in total. The van der Waals surface area contributed by atoms with E-state index in [0.717, 1.165) is 42.5 Å². The van der Waals surface area contributed by atoms with E-state index in [1.54, 1.807) is 6.20 Å². The summed E-state index contributed by atoms with van der Waals surface area (Å²) in [5, 5.41) is 4.14. The first-order valence-electron chi connectivity index (χ1n) is 7.11. The molecule has 0 unspecified atom stereocenters. The van der Waals surface area contributed by atoms with Crippen LogP contribution in [0, 0.1) is 5.92 Å². The molecule has 0 aliphatic carbocycles. The average Bonchev–Trinajstić information content (AvgIpc) is 2.89. The number of fused-ring (bicyclic) bond motifs is 1. The molecular weight excluding hydrogens is 252 g/mol. The Morgan fingerprint density at radius 3 is 3.10 bits per heavy atom. The zero-order valence-electron chi connectivity index (χ0n) is 11.7. The Hall–Kier alpha value is -1.88. The first kappa shape index (κ1) is 13.1. The molecule has 3 heterocycles. The number of amides is 1. The van der Waals surface area contributed by atoms with Gasteiger partial charge in [-0.25, -0.2) is 4.98 Å². The standard InChI is InChI=1S/C15H20N4O/c1-19-7-4-11(5-8-19)15(20)18-10-12-9-17-14-13(12)3-2-6-16-14/h2-3,6,9,11H,4-5,7-8,10H2,1H3,(H,16,17)(H,18,20). The zero-order chi connectivity index (χ0) is 13.9. The molecule has 0 saturated carbocycles. The van der Waals surface area contributed by atoms with E-state index >= 15 is 0 Å². The van der Waals surface area contributed by atoms with E-state index in [1.807, 2.05) is 18.3 Å². The minimum Gasteiger partial charge on any atom is -0.352 e. The first-order chi connectivity index (χ1) is 9.74. The summed E-state index contributed by atoms with van der Waals surface area (Å²) in [4.78, 5) is 21.8. The van der Waals surface area contributed by atoms with Crippen LogP contribution in [0.5, 0.6) is 0 Å². The van der Waals surface area contributed by atoms with Crippen molar-refractivity contribution in [3.8, 4) is 0 Å². The largest absolute Gasteiger partial charge is 0.352 e. The number of nitrogens with zero attached hydrogens (tertiary/aromatic N) is 2. The molecule has 1 fully saturated rings. The number of aromatic nitrogens is 2. The van der Waals surface area contributed by atoms with Gasteiger partial charge in [0.15, 0.2) is 0 Å². The van der Waals surface area contributed by atoms with Crippen LogP contribution < -0.4 is 5.32 Å². The Kier molecular flexibility index (Phi) is 3.69. The normalized spacial score (nSPS) is 17.4. The van der Waals surface area contributed by atoms with Crippen molar-refractivity contribution in [2.24, 2.45) is 5.92 Å². The Morgan fingerprint density at radius 1 is 1.50 bits per heavy atom. The molecule has 3 rings (SSSR count). The van der Waals surface area contributed by atoms with Crippen molar-refractivity contribution in [1.82, 2.24) is 20.2 Å². The maximum Gasteiger partial charge on any atom is 0.223 e. The van der Waals surface area contributed by atoms with Gasteiger partial charge in [-0.1, -0.05) is 0 Å². The molecule has 5 heteroatoms. The fourth-order valence-corrected chi connectivity index (χ4v) is 2.76. The second-order valence-corrected chi connectivity index (χ2v) is 5.51. The molecule has 0 radical (unpaired) electrons. The average molecular weight is 272 g/mol. The monoisotopic (exact) mass is 272 g/mol. The lowest BCUT2D eigenvalue weighted by molar-refractivity contribution is -0.126. The van der Waals surface area contributed by atoms with Gasteiger partial charge in [-0.3, -0.25) is 4.79 Å². The molecule has 1 saturated heterocycles. The van der Waals surface area contributed by atoms with E-state index in [0.29, 0.717) is 6.54 Å². The summed E-state index contributed by atoms with van der Waals surface area (Å²) >= 11 is 0. The second-order valence-electron chi connectivity index (χ2n) is 5.51. The third-order valence-corrected chi connectivity index (χ3v) is 4.08. The van der Waals surface area contributed by atoms with Crippen LogP contribution in [0.15, 0.2) is 24.5 Å². The van der Waals surface area contributed by atoms with E-state index < -0.39 is 0 Å². The van der Waals surface area contributed by atoms with Crippen LogP contribution in [0.25, 0.3) is 11.0 Å². The van der Waals surface area contributed by atoms with Crippen LogP contribution in [0.3, 0.4) is 0 Å². The number of nitrogens with one attached hydrogen (secondary N) is 2. The molecule has 1 amide bonds. The molecule has 0 spiro atoms. The number of aromatic amines is 1. The Balaban J connectivity index is 1.60. The van der Waals surface area contributed by atoms with Gasteiger partial charge in [0.2, 0.25) is 5.91 Å². The Morgan fingerprint density at radius 2 is 2.30 bits per heavy atom. The van der Waals surface area contributed by atoms with Crippen molar-refractivity contribution in [2.45, 2.75) is 19.4 Å². The molecule has 0 atom stereocenters. The molecular formula is C15H20N4O. The van der Waals surface area contributed by atoms with Gasteiger partial charge < -0.3 is 15.2 Å². The minimum atomic E-state index is 0.162. The highest BCUT2D eigenvalue weighted by Gasteiger charge is 2.23. The molecule has 1 aliphatic rings. The van der Waals surface area contributed by atoms with Crippen molar-refractivity contribution >= 4 is 16.9 Å². The van der Waals surface area contributed by atoms with E-state index in [4.69, 9.17) is 0 Å². The van der Waals surface area contributed by atoms with Crippen molar-refractivity contribution in [3.63, 3.8) is 0 Å². The van der Waals surface area contributed by atoms with E-state index in [1.165, 1.54) is 0 Å². The number of carbonyl (C=O) groups is 1. The second kappa shape index (κ2) is 5.63. The van der Waals surface area contributed by atoms with Gasteiger partial charge in [-0.2, -0.15) is 0 Å². The lowest BCUT2D eigenvalue weighted by Gasteiger charge is -2.28. The SMILES string of the molecule is CN1CCC(C(=O)NCc2c[nH]c3ncccc23)CC1. The molecule has 0 bridgehead atoms. The summed E-state index contributed by atoms with van der Waals surface area (Å²) in [5.74, 6) is 0.339. The molecule has 20 heavy (non-hydrogen) atoms. The molecule has 0 aromatic carbocycles. The predicted octanol–water partition coefficient (Wildman–Crippen LogP) is 1.52. The lowest BCUT2D eigenvalue weighted by atomic mass is 9.96. The molecule has 1 aliphatic heterocycles. The molecule has 2 aromatic rings. The van der Waals surface area contributed by atoms with Crippen LogP contribution in [-0.2, 0) is 11.3 Å². The molecule has 106 valence electrons. The van der Waals surface area contributed by atoms with E-state index in [2.05, 4.69) is 27.2 Å². The number of rotatable bonds is 3. The summed E-state index contributed by atoms with van der Waals surface area (Å²) in [6.45, 7) is 2.58. The van der Waals surface area contributed by atoms with Gasteiger partial charge in [0.25, 0.3) is 0 Å². The summed E-state index contributed by atoms with van der Waals surface area (Å²) in [5.41, 5.74) is 1.96. The number of pyridine rings is 1. The van der Waals surface area contributed by atoms with Gasteiger partial charge in [0.1, 0.15) is 5.65 Å². The highest BCUT2D eigenvalue weighted by Crippen LogP contribution is 2.18. The van der Waals surface area contributed by atoms with Crippen LogP contribution in [0.4, 0.5) is 0 Å². The number of piperidine rings is 1. The summed E-state index contributed by atoms with van der Waals surface area (Å²) < 4.78 is 0. The van der Waals surface area contributed by atoms with Gasteiger partial charge >= 0.3 is 0 Å².